The fourth-order valence-corrected chi connectivity index (χ4v) is 2.28. The van der Waals surface area contributed by atoms with Crippen molar-refractivity contribution in [2.45, 2.75) is 32.1 Å². The van der Waals surface area contributed by atoms with Gasteiger partial charge in [0.15, 0.2) is 5.78 Å². The highest BCUT2D eigenvalue weighted by Crippen LogP contribution is 2.25. The summed E-state index contributed by atoms with van der Waals surface area (Å²) in [5.74, 6) is 0.250. The first-order chi connectivity index (χ1) is 8.66. The van der Waals surface area contributed by atoms with Crippen LogP contribution in [0.25, 0.3) is 0 Å². The van der Waals surface area contributed by atoms with E-state index in [0.29, 0.717) is 16.5 Å². The summed E-state index contributed by atoms with van der Waals surface area (Å²) >= 11 is 11.8. The minimum Gasteiger partial charge on any atom is -0.361 e. The van der Waals surface area contributed by atoms with Gasteiger partial charge in [-0.25, -0.2) is 0 Å². The molecule has 1 aliphatic rings. The standard InChI is InChI=1S/C14H15Cl2NO/c15-12-7-6-11(8-13(12)16)17-9-10-4-2-1-3-5-14(10)18/h6-9,17H,1-5H2/b10-9+. The normalized spacial score (nSPS) is 18.8. The number of rotatable bonds is 2. The van der Waals surface area contributed by atoms with E-state index in [1.54, 1.807) is 18.3 Å². The molecule has 0 aliphatic heterocycles. The molecule has 0 radical (unpaired) electrons. The molecular weight excluding hydrogens is 269 g/mol. The van der Waals surface area contributed by atoms with Crippen LogP contribution in [-0.2, 0) is 4.79 Å². The zero-order valence-corrected chi connectivity index (χ0v) is 11.5. The molecule has 1 N–H and O–H groups in total. The molecule has 0 amide bonds. The zero-order chi connectivity index (χ0) is 13.0. The Balaban J connectivity index is 2.08. The van der Waals surface area contributed by atoms with E-state index in [4.69, 9.17) is 23.2 Å². The monoisotopic (exact) mass is 283 g/mol. The van der Waals surface area contributed by atoms with E-state index in [1.807, 2.05) is 6.07 Å². The molecule has 0 spiro atoms. The van der Waals surface area contributed by atoms with E-state index >= 15 is 0 Å². The van der Waals surface area contributed by atoms with Crippen molar-refractivity contribution in [2.75, 3.05) is 5.32 Å². The van der Waals surface area contributed by atoms with Gasteiger partial charge in [-0.15, -0.1) is 0 Å². The molecule has 1 aromatic rings. The van der Waals surface area contributed by atoms with Crippen molar-refractivity contribution in [2.24, 2.45) is 0 Å². The molecule has 1 fully saturated rings. The molecule has 0 saturated heterocycles. The average molecular weight is 284 g/mol. The van der Waals surface area contributed by atoms with Crippen molar-refractivity contribution >= 4 is 34.7 Å². The molecule has 18 heavy (non-hydrogen) atoms. The number of nitrogens with one attached hydrogen (secondary N) is 1. The van der Waals surface area contributed by atoms with Gasteiger partial charge in [0.05, 0.1) is 10.0 Å². The number of allylic oxidation sites excluding steroid dienone is 1. The summed E-state index contributed by atoms with van der Waals surface area (Å²) in [5, 5.41) is 4.15. The van der Waals surface area contributed by atoms with Crippen LogP contribution >= 0.6 is 23.2 Å². The predicted octanol–water partition coefficient (Wildman–Crippen LogP) is 4.82. The average Bonchev–Trinajstić information content (AvgIpc) is 2.56. The highest BCUT2D eigenvalue weighted by atomic mass is 35.5. The van der Waals surface area contributed by atoms with Crippen molar-refractivity contribution in [1.82, 2.24) is 0 Å². The van der Waals surface area contributed by atoms with Gasteiger partial charge in [-0.05, 0) is 37.5 Å². The smallest absolute Gasteiger partial charge is 0.160 e. The van der Waals surface area contributed by atoms with Gasteiger partial charge in [-0.3, -0.25) is 4.79 Å². The number of benzene rings is 1. The number of anilines is 1. The minimum atomic E-state index is 0.250. The van der Waals surface area contributed by atoms with Crippen LogP contribution in [0.15, 0.2) is 30.0 Å². The Morgan fingerprint density at radius 3 is 2.61 bits per heavy atom. The first-order valence-corrected chi connectivity index (χ1v) is 6.86. The highest BCUT2D eigenvalue weighted by molar-refractivity contribution is 6.42. The number of ketones is 1. The van der Waals surface area contributed by atoms with Crippen LogP contribution in [0, 0.1) is 0 Å². The van der Waals surface area contributed by atoms with Crippen molar-refractivity contribution in [3.63, 3.8) is 0 Å². The molecular formula is C14H15Cl2NO. The Kier molecular flexibility index (Phi) is 4.67. The third-order valence-electron chi connectivity index (χ3n) is 3.04. The third kappa shape index (κ3) is 3.50. The molecule has 0 aromatic heterocycles. The number of carbonyl (C=O) groups is 1. The Bertz CT molecular complexity index is 483. The van der Waals surface area contributed by atoms with Crippen LogP contribution in [0.2, 0.25) is 10.0 Å². The van der Waals surface area contributed by atoms with Crippen LogP contribution in [0.1, 0.15) is 32.1 Å². The van der Waals surface area contributed by atoms with Crippen LogP contribution < -0.4 is 5.32 Å². The summed E-state index contributed by atoms with van der Waals surface area (Å²) in [5.41, 5.74) is 1.72. The number of carbonyl (C=O) groups excluding carboxylic acids is 1. The van der Waals surface area contributed by atoms with Crippen molar-refractivity contribution in [3.8, 4) is 0 Å². The van der Waals surface area contributed by atoms with Gasteiger partial charge in [-0.2, -0.15) is 0 Å². The quantitative estimate of drug-likeness (QED) is 0.623. The van der Waals surface area contributed by atoms with Crippen LogP contribution in [0.5, 0.6) is 0 Å². The Labute approximate surface area is 117 Å². The molecule has 1 aromatic carbocycles. The molecule has 0 atom stereocenters. The van der Waals surface area contributed by atoms with Gasteiger partial charge in [0.1, 0.15) is 0 Å². The van der Waals surface area contributed by atoms with Crippen LogP contribution in [0.4, 0.5) is 5.69 Å². The van der Waals surface area contributed by atoms with Crippen molar-refractivity contribution < 1.29 is 4.79 Å². The largest absolute Gasteiger partial charge is 0.361 e. The zero-order valence-electron chi connectivity index (χ0n) is 10.0. The maximum absolute atomic E-state index is 11.8. The summed E-state index contributed by atoms with van der Waals surface area (Å²) in [6, 6.07) is 5.33. The molecule has 1 aliphatic carbocycles. The van der Waals surface area contributed by atoms with E-state index in [-0.39, 0.29) is 5.78 Å². The van der Waals surface area contributed by atoms with Gasteiger partial charge in [0.2, 0.25) is 0 Å². The molecule has 2 nitrogen and oxygen atoms in total. The second kappa shape index (κ2) is 6.26. The molecule has 0 unspecified atom stereocenters. The fourth-order valence-electron chi connectivity index (χ4n) is 1.99. The second-order valence-electron chi connectivity index (χ2n) is 4.43. The van der Waals surface area contributed by atoms with Crippen molar-refractivity contribution in [1.29, 1.82) is 0 Å². The van der Waals surface area contributed by atoms with Gasteiger partial charge < -0.3 is 5.32 Å². The molecule has 2 rings (SSSR count). The highest BCUT2D eigenvalue weighted by Gasteiger charge is 2.12. The SMILES string of the molecule is O=C1CCCCC/C1=C\Nc1ccc(Cl)c(Cl)c1. The third-order valence-corrected chi connectivity index (χ3v) is 3.78. The summed E-state index contributed by atoms with van der Waals surface area (Å²) in [7, 11) is 0. The van der Waals surface area contributed by atoms with E-state index in [0.717, 1.165) is 36.9 Å². The maximum Gasteiger partial charge on any atom is 0.160 e. The molecule has 96 valence electrons. The summed E-state index contributed by atoms with van der Waals surface area (Å²) in [6.07, 6.45) is 6.54. The van der Waals surface area contributed by atoms with Crippen LogP contribution in [0.3, 0.4) is 0 Å². The lowest BCUT2D eigenvalue weighted by molar-refractivity contribution is -0.115. The number of Topliss-reactive ketones (excluding diaryl/α,β-unsaturated/α-hetero) is 1. The van der Waals surface area contributed by atoms with E-state index < -0.39 is 0 Å². The minimum absolute atomic E-state index is 0.250. The maximum atomic E-state index is 11.8. The Hall–Kier alpha value is -0.990. The van der Waals surface area contributed by atoms with Gasteiger partial charge in [0, 0.05) is 23.9 Å². The lowest BCUT2D eigenvalue weighted by atomic mass is 10.1. The summed E-state index contributed by atoms with van der Waals surface area (Å²) in [6.45, 7) is 0. The molecule has 0 bridgehead atoms. The predicted molar refractivity (Wildman–Crippen MR) is 76.3 cm³/mol. The number of halogens is 2. The van der Waals surface area contributed by atoms with E-state index in [1.165, 1.54) is 0 Å². The van der Waals surface area contributed by atoms with E-state index in [9.17, 15) is 4.79 Å². The molecule has 4 heteroatoms. The lowest BCUT2D eigenvalue weighted by Gasteiger charge is -2.06. The second-order valence-corrected chi connectivity index (χ2v) is 5.24. The van der Waals surface area contributed by atoms with Gasteiger partial charge >= 0.3 is 0 Å². The fraction of sp³-hybridized carbons (Fsp3) is 0.357. The van der Waals surface area contributed by atoms with Gasteiger partial charge in [0.25, 0.3) is 0 Å². The Morgan fingerprint density at radius 1 is 1.06 bits per heavy atom. The first-order valence-electron chi connectivity index (χ1n) is 6.10. The first kappa shape index (κ1) is 13.4. The Morgan fingerprint density at radius 2 is 1.83 bits per heavy atom. The number of hydrogen-bond acceptors (Lipinski definition) is 2. The van der Waals surface area contributed by atoms with E-state index in [2.05, 4.69) is 5.32 Å². The topological polar surface area (TPSA) is 29.1 Å². The number of hydrogen-bond donors (Lipinski definition) is 1. The summed E-state index contributed by atoms with van der Waals surface area (Å²) in [4.78, 5) is 11.8. The van der Waals surface area contributed by atoms with Crippen LogP contribution in [-0.4, -0.2) is 5.78 Å². The molecule has 1 saturated carbocycles. The molecule has 0 heterocycles. The van der Waals surface area contributed by atoms with Crippen molar-refractivity contribution in [3.05, 3.63) is 40.0 Å². The van der Waals surface area contributed by atoms with Gasteiger partial charge in [-0.1, -0.05) is 29.6 Å². The lowest BCUT2D eigenvalue weighted by Crippen LogP contribution is -2.02. The summed E-state index contributed by atoms with van der Waals surface area (Å²) < 4.78 is 0.